The Morgan fingerprint density at radius 1 is 1.27 bits per heavy atom. The van der Waals surface area contributed by atoms with Crippen LogP contribution in [0.2, 0.25) is 5.15 Å². The molecule has 8 heteroatoms. The van der Waals surface area contributed by atoms with Gasteiger partial charge in [-0.15, -0.1) is 0 Å². The van der Waals surface area contributed by atoms with Gasteiger partial charge in [0, 0.05) is 28.4 Å². The van der Waals surface area contributed by atoms with E-state index in [4.69, 9.17) is 11.6 Å². The second-order valence-corrected chi connectivity index (χ2v) is 10.3. The van der Waals surface area contributed by atoms with Gasteiger partial charge in [0.2, 0.25) is 0 Å². The monoisotopic (exact) mass is 405 g/mol. The molecule has 0 aromatic carbocycles. The summed E-state index contributed by atoms with van der Waals surface area (Å²) in [5.74, 6) is -0.744. The van der Waals surface area contributed by atoms with Gasteiger partial charge in [0.1, 0.15) is 11.4 Å². The van der Waals surface area contributed by atoms with E-state index in [1.807, 2.05) is 41.5 Å². The molecule has 2 heterocycles. The fourth-order valence-corrected chi connectivity index (χ4v) is 3.07. The molecule has 0 bridgehead atoms. The minimum Gasteiger partial charge on any atom is -0.331 e. The fourth-order valence-electron chi connectivity index (χ4n) is 2.39. The molecule has 2 aromatic heterocycles. The first kappa shape index (κ1) is 21.1. The molecule has 0 aliphatic rings. The number of fused-ring (bicyclic) bond motifs is 1. The Bertz CT molecular complexity index is 833. The lowest BCUT2D eigenvalue weighted by Gasteiger charge is -2.19. The van der Waals surface area contributed by atoms with Crippen LogP contribution in [-0.4, -0.2) is 26.4 Å². The van der Waals surface area contributed by atoms with E-state index in [0.29, 0.717) is 12.2 Å². The van der Waals surface area contributed by atoms with Crippen molar-refractivity contribution in [3.63, 3.8) is 0 Å². The Morgan fingerprint density at radius 2 is 1.88 bits per heavy atom. The van der Waals surface area contributed by atoms with Crippen LogP contribution in [0, 0.1) is 11.2 Å². The maximum Gasteiger partial charge on any atom is 0.281 e. The highest BCUT2D eigenvalue weighted by molar-refractivity contribution is 7.99. The summed E-state index contributed by atoms with van der Waals surface area (Å²) >= 11 is 6.88. The summed E-state index contributed by atoms with van der Waals surface area (Å²) in [6.07, 6.45) is -1.23. The van der Waals surface area contributed by atoms with Crippen LogP contribution in [-0.2, 0) is 6.54 Å². The number of rotatable bonds is 4. The molecule has 0 aliphatic carbocycles. The summed E-state index contributed by atoms with van der Waals surface area (Å²) < 4.78 is 46.9. The Balaban J connectivity index is 2.70. The lowest BCUT2D eigenvalue weighted by atomic mass is 9.97. The smallest absolute Gasteiger partial charge is 0.281 e. The largest absolute Gasteiger partial charge is 0.331 e. The lowest BCUT2D eigenvalue weighted by Crippen LogP contribution is -2.16. The number of nitrogens with zero attached hydrogens (tertiary/aromatic N) is 3. The maximum atomic E-state index is 14.0. The van der Waals surface area contributed by atoms with Gasteiger partial charge in [0.25, 0.3) is 6.43 Å². The van der Waals surface area contributed by atoms with E-state index in [9.17, 15) is 13.2 Å². The van der Waals surface area contributed by atoms with Gasteiger partial charge in [-0.2, -0.15) is 0 Å². The predicted molar refractivity (Wildman–Crippen MR) is 104 cm³/mol. The number of hydrogen-bond donors (Lipinski definition) is 0. The van der Waals surface area contributed by atoms with Crippen LogP contribution in [0.4, 0.5) is 13.2 Å². The third-order valence-electron chi connectivity index (χ3n) is 3.31. The maximum absolute atomic E-state index is 14.0. The van der Waals surface area contributed by atoms with E-state index in [2.05, 4.69) is 9.38 Å². The van der Waals surface area contributed by atoms with Crippen LogP contribution >= 0.6 is 23.5 Å². The van der Waals surface area contributed by atoms with Crippen LogP contribution in [0.5, 0.6) is 0 Å². The van der Waals surface area contributed by atoms with Crippen LogP contribution in [0.25, 0.3) is 11.0 Å². The third-order valence-corrected chi connectivity index (χ3v) is 4.41. The molecular formula is C18H23ClF3N3S. The van der Waals surface area contributed by atoms with E-state index in [-0.39, 0.29) is 32.0 Å². The van der Waals surface area contributed by atoms with Crippen LogP contribution in [0.15, 0.2) is 16.7 Å². The molecule has 0 radical (unpaired) electrons. The SMILES string of the molecule is CC(C)(C)Cn1cc(/C(=N\SC(C)(C)C)C(F)F)c2cc(F)c(Cl)nc21. The van der Waals surface area contributed by atoms with Crippen molar-refractivity contribution in [2.24, 2.45) is 9.81 Å². The van der Waals surface area contributed by atoms with Crippen molar-refractivity contribution >= 4 is 40.3 Å². The normalized spacial score (nSPS) is 13.9. The molecule has 0 N–H and O–H groups in total. The number of hydrogen-bond acceptors (Lipinski definition) is 3. The molecule has 0 atom stereocenters. The average Bonchev–Trinajstić information content (AvgIpc) is 2.74. The standard InChI is InChI=1S/C18H23ClF3N3S/c1-17(2,3)9-25-8-11(10-7-12(20)14(19)23-16(10)25)13(15(21)22)24-26-18(4,5)6/h7-8,15H,9H2,1-6H3/b24-13+. The fraction of sp³-hybridized carbons (Fsp3) is 0.556. The summed E-state index contributed by atoms with van der Waals surface area (Å²) in [5.41, 5.74) is 0.0363. The predicted octanol–water partition coefficient (Wildman–Crippen LogP) is 6.38. The molecule has 26 heavy (non-hydrogen) atoms. The highest BCUT2D eigenvalue weighted by Gasteiger charge is 2.25. The summed E-state index contributed by atoms with van der Waals surface area (Å²) in [7, 11) is 0. The van der Waals surface area contributed by atoms with Gasteiger partial charge in [-0.3, -0.25) is 0 Å². The van der Waals surface area contributed by atoms with Crippen molar-refractivity contribution < 1.29 is 13.2 Å². The highest BCUT2D eigenvalue weighted by atomic mass is 35.5. The molecule has 0 amide bonds. The zero-order valence-corrected chi connectivity index (χ0v) is 17.3. The number of aromatic nitrogens is 2. The minimum atomic E-state index is -2.79. The molecule has 0 saturated heterocycles. The second kappa shape index (κ2) is 7.43. The first-order chi connectivity index (χ1) is 11.8. The first-order valence-electron chi connectivity index (χ1n) is 8.18. The zero-order valence-electron chi connectivity index (χ0n) is 15.7. The summed E-state index contributed by atoms with van der Waals surface area (Å²) in [6.45, 7) is 12.2. The van der Waals surface area contributed by atoms with Crippen molar-refractivity contribution in [1.29, 1.82) is 0 Å². The Labute approximate surface area is 161 Å². The molecular weight excluding hydrogens is 383 g/mol. The van der Waals surface area contributed by atoms with Crippen molar-refractivity contribution in [3.05, 3.63) is 28.8 Å². The Kier molecular flexibility index (Phi) is 6.03. The number of pyridine rings is 1. The van der Waals surface area contributed by atoms with E-state index >= 15 is 0 Å². The molecule has 2 aromatic rings. The van der Waals surface area contributed by atoms with Crippen LogP contribution in [0.1, 0.15) is 47.1 Å². The van der Waals surface area contributed by atoms with Gasteiger partial charge in [-0.1, -0.05) is 32.4 Å². The van der Waals surface area contributed by atoms with Crippen LogP contribution in [0.3, 0.4) is 0 Å². The minimum absolute atomic E-state index is 0.131. The van der Waals surface area contributed by atoms with Crippen LogP contribution < -0.4 is 0 Å². The second-order valence-electron chi connectivity index (χ2n) is 8.34. The van der Waals surface area contributed by atoms with Gasteiger partial charge in [-0.05, 0) is 44.2 Å². The zero-order chi connectivity index (χ0) is 19.9. The Hall–Kier alpha value is -1.21. The molecule has 0 aliphatic heterocycles. The first-order valence-corrected chi connectivity index (χ1v) is 9.33. The topological polar surface area (TPSA) is 30.2 Å². The van der Waals surface area contributed by atoms with Crippen molar-refractivity contribution in [3.8, 4) is 0 Å². The van der Waals surface area contributed by atoms with E-state index < -0.39 is 12.2 Å². The molecule has 0 fully saturated rings. The molecule has 0 spiro atoms. The van der Waals surface area contributed by atoms with E-state index in [0.717, 1.165) is 18.0 Å². The molecule has 2 rings (SSSR count). The molecule has 0 saturated carbocycles. The Morgan fingerprint density at radius 3 is 2.38 bits per heavy atom. The van der Waals surface area contributed by atoms with Gasteiger partial charge >= 0.3 is 0 Å². The van der Waals surface area contributed by atoms with Crippen molar-refractivity contribution in [1.82, 2.24) is 9.55 Å². The average molecular weight is 406 g/mol. The van der Waals surface area contributed by atoms with Gasteiger partial charge < -0.3 is 4.57 Å². The number of halogens is 4. The molecule has 144 valence electrons. The van der Waals surface area contributed by atoms with Crippen molar-refractivity contribution in [2.75, 3.05) is 0 Å². The van der Waals surface area contributed by atoms with Crippen molar-refractivity contribution in [2.45, 2.75) is 59.3 Å². The molecule has 3 nitrogen and oxygen atoms in total. The summed E-state index contributed by atoms with van der Waals surface area (Å²) in [5, 5.41) is 0.00150. The van der Waals surface area contributed by atoms with E-state index in [1.165, 1.54) is 0 Å². The van der Waals surface area contributed by atoms with E-state index in [1.54, 1.807) is 10.8 Å². The van der Waals surface area contributed by atoms with Gasteiger partial charge in [-0.25, -0.2) is 22.6 Å². The quantitative estimate of drug-likeness (QED) is 0.336. The highest BCUT2D eigenvalue weighted by Crippen LogP contribution is 2.31. The van der Waals surface area contributed by atoms with Gasteiger partial charge in [0.15, 0.2) is 11.0 Å². The van der Waals surface area contributed by atoms with Gasteiger partial charge in [0.05, 0.1) is 0 Å². The summed E-state index contributed by atoms with van der Waals surface area (Å²) in [4.78, 5) is 4.08. The lowest BCUT2D eigenvalue weighted by molar-refractivity contribution is 0.227. The summed E-state index contributed by atoms with van der Waals surface area (Å²) in [6, 6.07) is 1.15. The number of alkyl halides is 2. The molecule has 0 unspecified atom stereocenters. The third kappa shape index (κ3) is 5.16.